The van der Waals surface area contributed by atoms with Crippen molar-refractivity contribution in [2.45, 2.75) is 39.4 Å². The molecule has 25 heavy (non-hydrogen) atoms. The van der Waals surface area contributed by atoms with Gasteiger partial charge in [-0.25, -0.2) is 9.59 Å². The third kappa shape index (κ3) is 7.90. The normalized spacial score (nSPS) is 10.4. The highest BCUT2D eigenvalue weighted by molar-refractivity contribution is 6.62. The molecule has 0 radical (unpaired) electrons. The molecule has 8 nitrogen and oxygen atoms in total. The van der Waals surface area contributed by atoms with Crippen LogP contribution in [0.1, 0.15) is 32.8 Å². The van der Waals surface area contributed by atoms with E-state index in [4.69, 9.17) is 15.0 Å². The molecule has 1 N–H and O–H groups in total. The van der Waals surface area contributed by atoms with Crippen molar-refractivity contribution < 1.29 is 28.6 Å². The highest BCUT2D eigenvalue weighted by Crippen LogP contribution is 2.07. The molecule has 8 heteroatoms. The molecule has 0 saturated carbocycles. The number of carbonyl (C=O) groups excluding carboxylic acids is 3. The summed E-state index contributed by atoms with van der Waals surface area (Å²) >= 11 is 0. The molecule has 0 aliphatic heterocycles. The molecule has 0 spiro atoms. The summed E-state index contributed by atoms with van der Waals surface area (Å²) in [5.41, 5.74) is 8.12. The summed E-state index contributed by atoms with van der Waals surface area (Å²) < 4.78 is 9.94. The number of rotatable bonds is 7. The van der Waals surface area contributed by atoms with Crippen LogP contribution in [0.25, 0.3) is 5.53 Å². The summed E-state index contributed by atoms with van der Waals surface area (Å²) in [6, 6.07) is 9.10. The van der Waals surface area contributed by atoms with Gasteiger partial charge < -0.3 is 20.3 Å². The maximum absolute atomic E-state index is 11.9. The SMILES string of the molecule is CC(C)(C)OC(=O)C(=[N+]=[N-])C(=O)CCNC(=O)OCc1ccccc1. The van der Waals surface area contributed by atoms with Crippen molar-refractivity contribution in [3.63, 3.8) is 0 Å². The summed E-state index contributed by atoms with van der Waals surface area (Å²) in [6.45, 7) is 4.88. The van der Waals surface area contributed by atoms with Gasteiger partial charge in [0, 0.05) is 13.0 Å². The number of nitrogens with zero attached hydrogens (tertiary/aromatic N) is 2. The van der Waals surface area contributed by atoms with E-state index in [1.165, 1.54) is 0 Å². The minimum absolute atomic E-state index is 0.0751. The molecule has 0 heterocycles. The summed E-state index contributed by atoms with van der Waals surface area (Å²) in [5, 5.41) is 2.38. The Labute approximate surface area is 145 Å². The first-order chi connectivity index (χ1) is 11.7. The van der Waals surface area contributed by atoms with Crippen LogP contribution >= 0.6 is 0 Å². The lowest BCUT2D eigenvalue weighted by atomic mass is 10.1. The summed E-state index contributed by atoms with van der Waals surface area (Å²) in [5.74, 6) is -1.77. The van der Waals surface area contributed by atoms with E-state index in [2.05, 4.69) is 10.1 Å². The highest BCUT2D eigenvalue weighted by Gasteiger charge is 2.33. The van der Waals surface area contributed by atoms with Gasteiger partial charge in [0.05, 0.1) is 0 Å². The first kappa shape index (κ1) is 20.1. The first-order valence-electron chi connectivity index (χ1n) is 7.66. The Morgan fingerprint density at radius 2 is 1.80 bits per heavy atom. The topological polar surface area (TPSA) is 118 Å². The molecule has 0 aliphatic carbocycles. The number of hydrogen-bond donors (Lipinski definition) is 1. The Morgan fingerprint density at radius 3 is 2.36 bits per heavy atom. The number of hydrogen-bond acceptors (Lipinski definition) is 5. The number of ketones is 1. The minimum atomic E-state index is -1.02. The number of esters is 1. The first-order valence-corrected chi connectivity index (χ1v) is 7.66. The van der Waals surface area contributed by atoms with E-state index >= 15 is 0 Å². The van der Waals surface area contributed by atoms with Crippen LogP contribution in [-0.4, -0.2) is 40.5 Å². The van der Waals surface area contributed by atoms with Crippen LogP contribution in [0.2, 0.25) is 0 Å². The molecule has 134 valence electrons. The fourth-order valence-electron chi connectivity index (χ4n) is 1.71. The fourth-order valence-corrected chi connectivity index (χ4v) is 1.71. The van der Waals surface area contributed by atoms with Gasteiger partial charge in [0.15, 0.2) is 0 Å². The maximum atomic E-state index is 11.9. The average molecular weight is 347 g/mol. The summed E-state index contributed by atoms with van der Waals surface area (Å²) in [4.78, 5) is 37.9. The van der Waals surface area contributed by atoms with Gasteiger partial charge >= 0.3 is 17.8 Å². The smallest absolute Gasteiger partial charge is 0.441 e. The van der Waals surface area contributed by atoms with Gasteiger partial charge in [-0.05, 0) is 26.3 Å². The predicted octanol–water partition coefficient (Wildman–Crippen LogP) is 1.88. The zero-order chi connectivity index (χ0) is 18.9. The van der Waals surface area contributed by atoms with E-state index in [-0.39, 0.29) is 19.6 Å². The maximum Gasteiger partial charge on any atom is 0.441 e. The van der Waals surface area contributed by atoms with Crippen molar-refractivity contribution in [3.8, 4) is 0 Å². The number of ether oxygens (including phenoxy) is 2. The quantitative estimate of drug-likeness (QED) is 0.266. The monoisotopic (exact) mass is 347 g/mol. The second-order valence-electron chi connectivity index (χ2n) is 6.11. The van der Waals surface area contributed by atoms with Crippen LogP contribution in [0, 0.1) is 0 Å². The van der Waals surface area contributed by atoms with Gasteiger partial charge in [-0.3, -0.25) is 4.79 Å². The lowest BCUT2D eigenvalue weighted by Crippen LogP contribution is -2.35. The van der Waals surface area contributed by atoms with Crippen molar-refractivity contribution in [2.75, 3.05) is 6.54 Å². The zero-order valence-electron chi connectivity index (χ0n) is 14.4. The lowest BCUT2D eigenvalue weighted by molar-refractivity contribution is -0.152. The third-order valence-electron chi connectivity index (χ3n) is 2.79. The third-order valence-corrected chi connectivity index (χ3v) is 2.79. The van der Waals surface area contributed by atoms with E-state index in [1.807, 2.05) is 30.3 Å². The molecule has 0 aromatic heterocycles. The fraction of sp³-hybridized carbons (Fsp3) is 0.412. The zero-order valence-corrected chi connectivity index (χ0v) is 14.4. The molecule has 0 fully saturated rings. The van der Waals surface area contributed by atoms with Crippen molar-refractivity contribution in [3.05, 3.63) is 41.4 Å². The molecule has 0 atom stereocenters. The molecule has 0 bridgehead atoms. The average Bonchev–Trinajstić information content (AvgIpc) is 2.53. The number of benzene rings is 1. The van der Waals surface area contributed by atoms with Crippen molar-refractivity contribution in [1.29, 1.82) is 0 Å². The molecule has 0 saturated heterocycles. The predicted molar refractivity (Wildman–Crippen MR) is 88.7 cm³/mol. The Kier molecular flexibility index (Phi) is 7.49. The molecule has 1 rings (SSSR count). The van der Waals surface area contributed by atoms with E-state index in [9.17, 15) is 14.4 Å². The lowest BCUT2D eigenvalue weighted by Gasteiger charge is -2.17. The van der Waals surface area contributed by atoms with Crippen LogP contribution in [0.5, 0.6) is 0 Å². The van der Waals surface area contributed by atoms with Crippen LogP contribution in [-0.2, 0) is 25.7 Å². The van der Waals surface area contributed by atoms with Gasteiger partial charge in [-0.1, -0.05) is 30.3 Å². The van der Waals surface area contributed by atoms with E-state index in [0.717, 1.165) is 5.56 Å². The Balaban J connectivity index is 2.38. The molecule has 0 aliphatic rings. The number of Topliss-reactive ketones (excluding diaryl/α,β-unsaturated/α-hetero) is 1. The largest absolute Gasteiger partial charge is 0.451 e. The van der Waals surface area contributed by atoms with E-state index in [1.54, 1.807) is 20.8 Å². The van der Waals surface area contributed by atoms with Crippen molar-refractivity contribution in [2.24, 2.45) is 0 Å². The molecular formula is C17H21N3O5. The Bertz CT molecular complexity index is 673. The Morgan fingerprint density at radius 1 is 1.16 bits per heavy atom. The second-order valence-corrected chi connectivity index (χ2v) is 6.11. The molecule has 1 aromatic carbocycles. The standard InChI is InChI=1S/C17H21N3O5/c1-17(2,3)25-15(22)14(20-18)13(21)9-10-19-16(23)24-11-12-7-5-4-6-8-12/h4-8H,9-11H2,1-3H3,(H,19,23). The number of alkyl carbamates (subject to hydrolysis) is 1. The Hall–Kier alpha value is -2.99. The summed E-state index contributed by atoms with van der Waals surface area (Å²) in [7, 11) is 0. The van der Waals surface area contributed by atoms with Gasteiger partial charge in [-0.2, -0.15) is 4.79 Å². The van der Waals surface area contributed by atoms with Gasteiger partial charge in [0.25, 0.3) is 5.78 Å². The van der Waals surface area contributed by atoms with Gasteiger partial charge in [0.2, 0.25) is 0 Å². The summed E-state index contributed by atoms with van der Waals surface area (Å²) in [6.07, 6.45) is -0.935. The van der Waals surface area contributed by atoms with Crippen LogP contribution in [0.3, 0.4) is 0 Å². The second kappa shape index (κ2) is 9.34. The van der Waals surface area contributed by atoms with Crippen LogP contribution in [0.4, 0.5) is 4.79 Å². The molecule has 1 amide bonds. The highest BCUT2D eigenvalue weighted by atomic mass is 16.6. The number of amides is 1. The molecule has 1 aromatic rings. The molecule has 0 unspecified atom stereocenters. The van der Waals surface area contributed by atoms with Crippen molar-refractivity contribution >= 4 is 23.6 Å². The van der Waals surface area contributed by atoms with E-state index < -0.39 is 29.2 Å². The van der Waals surface area contributed by atoms with Crippen molar-refractivity contribution in [1.82, 2.24) is 5.32 Å². The van der Waals surface area contributed by atoms with Gasteiger partial charge in [0.1, 0.15) is 12.2 Å². The number of carbonyl (C=O) groups is 3. The minimum Gasteiger partial charge on any atom is -0.451 e. The number of nitrogens with one attached hydrogen (secondary N) is 1. The van der Waals surface area contributed by atoms with Crippen LogP contribution in [0.15, 0.2) is 30.3 Å². The van der Waals surface area contributed by atoms with Crippen LogP contribution < -0.4 is 5.32 Å². The van der Waals surface area contributed by atoms with E-state index in [0.29, 0.717) is 0 Å². The van der Waals surface area contributed by atoms with Gasteiger partial charge in [-0.15, -0.1) is 0 Å². The molecular weight excluding hydrogens is 326 g/mol.